The van der Waals surface area contributed by atoms with Crippen molar-refractivity contribution in [2.75, 3.05) is 0 Å². The molecule has 0 spiro atoms. The summed E-state index contributed by atoms with van der Waals surface area (Å²) < 4.78 is 14.3. The molecule has 2 aliphatic rings. The Morgan fingerprint density at radius 3 is 2.24 bits per heavy atom. The maximum Gasteiger partial charge on any atom is 0.498 e. The van der Waals surface area contributed by atoms with Crippen molar-refractivity contribution < 1.29 is 9.31 Å². The lowest BCUT2D eigenvalue weighted by molar-refractivity contribution is 0.00578. The van der Waals surface area contributed by atoms with Crippen LogP contribution < -0.4 is 5.46 Å². The average molecular weight is 290 g/mol. The third-order valence-electron chi connectivity index (χ3n) is 5.51. The van der Waals surface area contributed by atoms with Gasteiger partial charge in [0, 0.05) is 17.9 Å². The second-order valence-electron chi connectivity index (χ2n) is 7.76. The summed E-state index contributed by atoms with van der Waals surface area (Å²) in [4.78, 5) is 0. The van der Waals surface area contributed by atoms with Crippen molar-refractivity contribution in [1.29, 1.82) is 0 Å². The zero-order valence-corrected chi connectivity index (χ0v) is 13.9. The molecule has 0 N–H and O–H groups in total. The van der Waals surface area contributed by atoms with Crippen LogP contribution in [0.15, 0.2) is 12.4 Å². The van der Waals surface area contributed by atoms with E-state index in [2.05, 4.69) is 50.6 Å². The first-order chi connectivity index (χ1) is 9.78. The van der Waals surface area contributed by atoms with E-state index in [1.807, 2.05) is 6.20 Å². The summed E-state index contributed by atoms with van der Waals surface area (Å²) in [7, 11) is -0.300. The highest BCUT2D eigenvalue weighted by Crippen LogP contribution is 2.36. The smallest absolute Gasteiger partial charge is 0.399 e. The lowest BCUT2D eigenvalue weighted by atomic mass is 9.81. The lowest BCUT2D eigenvalue weighted by Crippen LogP contribution is -2.41. The summed E-state index contributed by atoms with van der Waals surface area (Å²) in [6.07, 6.45) is 9.08. The van der Waals surface area contributed by atoms with Crippen molar-refractivity contribution in [1.82, 2.24) is 9.78 Å². The van der Waals surface area contributed by atoms with Gasteiger partial charge in [-0.25, -0.2) is 0 Å². The molecule has 3 rings (SSSR count). The minimum Gasteiger partial charge on any atom is -0.399 e. The van der Waals surface area contributed by atoms with E-state index in [9.17, 15) is 0 Å². The summed E-state index contributed by atoms with van der Waals surface area (Å²) in [5.41, 5.74) is 0.451. The van der Waals surface area contributed by atoms with Gasteiger partial charge in [-0.05, 0) is 59.3 Å². The summed E-state index contributed by atoms with van der Waals surface area (Å²) >= 11 is 0. The van der Waals surface area contributed by atoms with Crippen LogP contribution in [0.1, 0.15) is 66.3 Å². The van der Waals surface area contributed by atoms with Gasteiger partial charge in [0.25, 0.3) is 0 Å². The van der Waals surface area contributed by atoms with Gasteiger partial charge in [0.1, 0.15) is 0 Å². The fourth-order valence-electron chi connectivity index (χ4n) is 3.16. The highest BCUT2D eigenvalue weighted by atomic mass is 16.7. The Morgan fingerprint density at radius 1 is 1.10 bits per heavy atom. The molecular weight excluding hydrogens is 263 g/mol. The Balaban J connectivity index is 1.71. The van der Waals surface area contributed by atoms with E-state index in [0.29, 0.717) is 6.04 Å². The first-order valence-corrected chi connectivity index (χ1v) is 8.18. The van der Waals surface area contributed by atoms with Crippen LogP contribution in [0.25, 0.3) is 0 Å². The number of nitrogens with zero attached hydrogens (tertiary/aromatic N) is 2. The molecule has 4 nitrogen and oxygen atoms in total. The fraction of sp³-hybridized carbons (Fsp3) is 0.812. The number of hydrogen-bond acceptors (Lipinski definition) is 3. The predicted molar refractivity (Wildman–Crippen MR) is 84.6 cm³/mol. The number of aromatic nitrogens is 2. The van der Waals surface area contributed by atoms with Gasteiger partial charge >= 0.3 is 7.12 Å². The molecule has 0 atom stereocenters. The molecule has 5 heteroatoms. The lowest BCUT2D eigenvalue weighted by Gasteiger charge is -2.32. The highest BCUT2D eigenvalue weighted by Gasteiger charge is 2.52. The Bertz CT molecular complexity index is 488. The monoisotopic (exact) mass is 290 g/mol. The molecule has 116 valence electrons. The van der Waals surface area contributed by atoms with Crippen molar-refractivity contribution in [2.45, 2.75) is 77.5 Å². The van der Waals surface area contributed by atoms with Crippen LogP contribution in [0.3, 0.4) is 0 Å². The molecule has 0 bridgehead atoms. The predicted octanol–water partition coefficient (Wildman–Crippen LogP) is 2.93. The van der Waals surface area contributed by atoms with E-state index in [0.717, 1.165) is 11.4 Å². The SMILES string of the molecule is CC1CCC(n2cc(B3OC(C)(C)C(C)(C)O3)cn2)CC1. The molecule has 1 saturated heterocycles. The van der Waals surface area contributed by atoms with Crippen LogP contribution in [-0.4, -0.2) is 28.1 Å². The van der Waals surface area contributed by atoms with Gasteiger partial charge < -0.3 is 9.31 Å². The average Bonchev–Trinajstić information content (AvgIpc) is 2.94. The maximum atomic E-state index is 6.09. The van der Waals surface area contributed by atoms with E-state index >= 15 is 0 Å². The Hall–Kier alpha value is -0.805. The zero-order valence-electron chi connectivity index (χ0n) is 13.9. The molecule has 2 fully saturated rings. The molecule has 21 heavy (non-hydrogen) atoms. The number of rotatable bonds is 2. The summed E-state index contributed by atoms with van der Waals surface area (Å²) in [5, 5.41) is 4.56. The fourth-order valence-corrected chi connectivity index (χ4v) is 3.16. The normalized spacial score (nSPS) is 31.6. The van der Waals surface area contributed by atoms with Crippen molar-refractivity contribution in [3.8, 4) is 0 Å². The molecule has 1 aromatic rings. The molecule has 0 aromatic carbocycles. The molecule has 0 amide bonds. The van der Waals surface area contributed by atoms with E-state index in [4.69, 9.17) is 9.31 Å². The van der Waals surface area contributed by atoms with Gasteiger partial charge in [0.05, 0.1) is 17.2 Å². The van der Waals surface area contributed by atoms with Gasteiger partial charge in [0.15, 0.2) is 0 Å². The van der Waals surface area contributed by atoms with Crippen LogP contribution in [0, 0.1) is 5.92 Å². The molecule has 2 heterocycles. The maximum absolute atomic E-state index is 6.09. The minimum absolute atomic E-state index is 0.292. The van der Waals surface area contributed by atoms with Crippen LogP contribution >= 0.6 is 0 Å². The molecular formula is C16H27BN2O2. The second-order valence-corrected chi connectivity index (χ2v) is 7.76. The Labute approximate surface area is 128 Å². The summed E-state index contributed by atoms with van der Waals surface area (Å²) in [6, 6.07) is 0.539. The molecule has 1 aromatic heterocycles. The Kier molecular flexibility index (Phi) is 3.69. The molecule has 1 saturated carbocycles. The zero-order chi connectivity index (χ0) is 15.3. The van der Waals surface area contributed by atoms with Crippen molar-refractivity contribution in [3.63, 3.8) is 0 Å². The third kappa shape index (κ3) is 2.78. The largest absolute Gasteiger partial charge is 0.498 e. The molecule has 1 aliphatic carbocycles. The first kappa shape index (κ1) is 15.1. The van der Waals surface area contributed by atoms with Crippen LogP contribution in [-0.2, 0) is 9.31 Å². The van der Waals surface area contributed by atoms with Gasteiger partial charge in [0.2, 0.25) is 0 Å². The van der Waals surface area contributed by atoms with E-state index in [-0.39, 0.29) is 18.3 Å². The van der Waals surface area contributed by atoms with Crippen molar-refractivity contribution in [3.05, 3.63) is 12.4 Å². The molecule has 0 unspecified atom stereocenters. The van der Waals surface area contributed by atoms with Crippen molar-refractivity contribution >= 4 is 12.6 Å². The van der Waals surface area contributed by atoms with Crippen LogP contribution in [0.2, 0.25) is 0 Å². The van der Waals surface area contributed by atoms with Gasteiger partial charge in [-0.1, -0.05) is 6.92 Å². The summed E-state index contributed by atoms with van der Waals surface area (Å²) in [6.45, 7) is 10.7. The second kappa shape index (κ2) is 5.13. The van der Waals surface area contributed by atoms with E-state index in [1.165, 1.54) is 25.7 Å². The van der Waals surface area contributed by atoms with Gasteiger partial charge in [-0.2, -0.15) is 5.10 Å². The third-order valence-corrected chi connectivity index (χ3v) is 5.51. The van der Waals surface area contributed by atoms with Crippen molar-refractivity contribution in [2.24, 2.45) is 5.92 Å². The molecule has 0 radical (unpaired) electrons. The van der Waals surface area contributed by atoms with Crippen LogP contribution in [0.4, 0.5) is 0 Å². The van der Waals surface area contributed by atoms with E-state index < -0.39 is 0 Å². The highest BCUT2D eigenvalue weighted by molar-refractivity contribution is 6.61. The quantitative estimate of drug-likeness (QED) is 0.786. The summed E-state index contributed by atoms with van der Waals surface area (Å²) in [5.74, 6) is 0.861. The minimum atomic E-state index is -0.300. The Morgan fingerprint density at radius 2 is 1.67 bits per heavy atom. The van der Waals surface area contributed by atoms with Crippen LogP contribution in [0.5, 0.6) is 0 Å². The van der Waals surface area contributed by atoms with Gasteiger partial charge in [-0.15, -0.1) is 0 Å². The van der Waals surface area contributed by atoms with E-state index in [1.54, 1.807) is 0 Å². The molecule has 1 aliphatic heterocycles. The first-order valence-electron chi connectivity index (χ1n) is 8.18. The topological polar surface area (TPSA) is 36.3 Å². The number of hydrogen-bond donors (Lipinski definition) is 0. The van der Waals surface area contributed by atoms with Gasteiger partial charge in [-0.3, -0.25) is 4.68 Å². The standard InChI is InChI=1S/C16H27BN2O2/c1-12-6-8-14(9-7-12)19-11-13(10-18-19)17-20-15(2,3)16(4,5)21-17/h10-12,14H,6-9H2,1-5H3.